The van der Waals surface area contributed by atoms with Crippen molar-refractivity contribution in [1.29, 1.82) is 0 Å². The molecule has 1 aliphatic carbocycles. The van der Waals surface area contributed by atoms with Gasteiger partial charge in [-0.25, -0.2) is 0 Å². The fourth-order valence-electron chi connectivity index (χ4n) is 4.22. The molecule has 194 valence electrons. The minimum Gasteiger partial charge on any atom is -0.490 e. The van der Waals surface area contributed by atoms with Crippen LogP contribution in [0.5, 0.6) is 11.5 Å². The number of anilines is 2. The molecular weight excluding hydrogens is 490 g/mol. The predicted octanol–water partition coefficient (Wildman–Crippen LogP) is 5.91. The molecule has 1 saturated carbocycles. The van der Waals surface area contributed by atoms with Crippen LogP contribution in [0.2, 0.25) is 5.02 Å². The van der Waals surface area contributed by atoms with E-state index in [1.54, 1.807) is 30.3 Å². The minimum absolute atomic E-state index is 0.0107. The van der Waals surface area contributed by atoms with Crippen molar-refractivity contribution in [2.45, 2.75) is 38.1 Å². The van der Waals surface area contributed by atoms with E-state index in [4.69, 9.17) is 21.1 Å². The Morgan fingerprint density at radius 1 is 0.865 bits per heavy atom. The van der Waals surface area contributed by atoms with Crippen LogP contribution in [0.4, 0.5) is 11.4 Å². The molecule has 2 amide bonds. The topological polar surface area (TPSA) is 88.7 Å². The number of ether oxygens (including phenoxy) is 2. The zero-order valence-corrected chi connectivity index (χ0v) is 21.4. The van der Waals surface area contributed by atoms with E-state index < -0.39 is 0 Å². The number of hydrogen-bond donors (Lipinski definition) is 3. The van der Waals surface area contributed by atoms with Gasteiger partial charge in [0.1, 0.15) is 24.7 Å². The summed E-state index contributed by atoms with van der Waals surface area (Å²) >= 11 is 6.29. The Bertz CT molecular complexity index is 1180. The lowest BCUT2D eigenvalue weighted by Crippen LogP contribution is -2.36. The Morgan fingerprint density at radius 3 is 2.41 bits per heavy atom. The van der Waals surface area contributed by atoms with Crippen LogP contribution in [-0.2, 0) is 4.79 Å². The number of para-hydroxylation sites is 3. The molecule has 0 aliphatic heterocycles. The third kappa shape index (κ3) is 8.15. The highest BCUT2D eigenvalue weighted by Gasteiger charge is 2.19. The third-order valence-electron chi connectivity index (χ3n) is 6.12. The van der Waals surface area contributed by atoms with E-state index in [0.29, 0.717) is 40.9 Å². The summed E-state index contributed by atoms with van der Waals surface area (Å²) in [6.45, 7) is 0.717. The van der Waals surface area contributed by atoms with Gasteiger partial charge in [0.25, 0.3) is 5.91 Å². The number of carbonyl (C=O) groups excluding carboxylic acids is 2. The third-order valence-corrected chi connectivity index (χ3v) is 6.45. The molecule has 8 heteroatoms. The first kappa shape index (κ1) is 26.4. The van der Waals surface area contributed by atoms with Gasteiger partial charge in [-0.2, -0.15) is 0 Å². The maximum absolute atomic E-state index is 12.8. The second kappa shape index (κ2) is 13.6. The van der Waals surface area contributed by atoms with Crippen LogP contribution < -0.4 is 25.4 Å². The quantitative estimate of drug-likeness (QED) is 0.273. The van der Waals surface area contributed by atoms with Gasteiger partial charge in [0.2, 0.25) is 5.91 Å². The van der Waals surface area contributed by atoms with Crippen molar-refractivity contribution in [2.24, 2.45) is 0 Å². The maximum atomic E-state index is 12.8. The van der Waals surface area contributed by atoms with Crippen molar-refractivity contribution in [1.82, 2.24) is 5.32 Å². The molecule has 7 nitrogen and oxygen atoms in total. The Hall–Kier alpha value is -3.71. The number of halogens is 1. The summed E-state index contributed by atoms with van der Waals surface area (Å²) < 4.78 is 11.5. The van der Waals surface area contributed by atoms with Gasteiger partial charge in [-0.05, 0) is 55.3 Å². The SMILES string of the molecule is O=C(CNc1ccc(Cl)c(C(=O)NC2CCCCC2)c1)Nc1ccccc1OCCOc1ccccc1. The first-order chi connectivity index (χ1) is 18.1. The van der Waals surface area contributed by atoms with E-state index in [-0.39, 0.29) is 24.4 Å². The Balaban J connectivity index is 1.27. The van der Waals surface area contributed by atoms with Crippen LogP contribution in [0.3, 0.4) is 0 Å². The molecule has 0 heterocycles. The van der Waals surface area contributed by atoms with E-state index in [9.17, 15) is 9.59 Å². The van der Waals surface area contributed by atoms with Gasteiger partial charge in [-0.3, -0.25) is 9.59 Å². The van der Waals surface area contributed by atoms with Gasteiger partial charge in [0.05, 0.1) is 22.8 Å². The first-order valence-electron chi connectivity index (χ1n) is 12.6. The fraction of sp³-hybridized carbons (Fsp3) is 0.310. The molecule has 0 saturated heterocycles. The zero-order valence-electron chi connectivity index (χ0n) is 20.7. The van der Waals surface area contributed by atoms with Crippen LogP contribution in [0.15, 0.2) is 72.8 Å². The van der Waals surface area contributed by atoms with Crippen molar-refractivity contribution in [3.8, 4) is 11.5 Å². The normalized spacial score (nSPS) is 13.4. The van der Waals surface area contributed by atoms with Crippen molar-refractivity contribution < 1.29 is 19.1 Å². The van der Waals surface area contributed by atoms with Gasteiger partial charge in [-0.15, -0.1) is 0 Å². The number of amides is 2. The highest BCUT2D eigenvalue weighted by atomic mass is 35.5. The van der Waals surface area contributed by atoms with E-state index in [1.165, 1.54) is 6.42 Å². The van der Waals surface area contributed by atoms with Crippen LogP contribution in [0, 0.1) is 0 Å². The first-order valence-corrected chi connectivity index (χ1v) is 13.0. The molecule has 0 aromatic heterocycles. The lowest BCUT2D eigenvalue weighted by Gasteiger charge is -2.23. The molecule has 3 aromatic carbocycles. The van der Waals surface area contributed by atoms with E-state index >= 15 is 0 Å². The van der Waals surface area contributed by atoms with Gasteiger partial charge in [0, 0.05) is 11.7 Å². The van der Waals surface area contributed by atoms with Crippen LogP contribution >= 0.6 is 11.6 Å². The second-order valence-corrected chi connectivity index (χ2v) is 9.32. The Morgan fingerprint density at radius 2 is 1.59 bits per heavy atom. The number of rotatable bonds is 11. The maximum Gasteiger partial charge on any atom is 0.253 e. The van der Waals surface area contributed by atoms with Crippen LogP contribution in [0.25, 0.3) is 0 Å². The van der Waals surface area contributed by atoms with Crippen molar-refractivity contribution in [3.63, 3.8) is 0 Å². The van der Waals surface area contributed by atoms with Crippen LogP contribution in [-0.4, -0.2) is 37.6 Å². The molecule has 4 rings (SSSR count). The standard InChI is InChI=1S/C29H32ClN3O4/c30-25-16-15-22(19-24(25)29(35)32-21-9-3-1-4-10-21)31-20-28(34)33-26-13-7-8-14-27(26)37-18-17-36-23-11-5-2-6-12-23/h2,5-8,11-16,19,21,31H,1,3-4,9-10,17-18,20H2,(H,32,35)(H,33,34). The smallest absolute Gasteiger partial charge is 0.253 e. The van der Waals surface area contributed by atoms with E-state index in [0.717, 1.165) is 31.4 Å². The molecule has 3 N–H and O–H groups in total. The molecule has 1 aliphatic rings. The lowest BCUT2D eigenvalue weighted by molar-refractivity contribution is -0.114. The fourth-order valence-corrected chi connectivity index (χ4v) is 4.42. The summed E-state index contributed by atoms with van der Waals surface area (Å²) in [5.74, 6) is 0.892. The summed E-state index contributed by atoms with van der Waals surface area (Å²) in [4.78, 5) is 25.4. The molecule has 0 atom stereocenters. The predicted molar refractivity (Wildman–Crippen MR) is 147 cm³/mol. The zero-order chi connectivity index (χ0) is 25.9. The molecule has 3 aromatic rings. The molecule has 1 fully saturated rings. The largest absolute Gasteiger partial charge is 0.490 e. The van der Waals surface area contributed by atoms with Gasteiger partial charge < -0.3 is 25.4 Å². The number of benzene rings is 3. The summed E-state index contributed by atoms with van der Waals surface area (Å²) in [6, 6.07) is 22.0. The summed E-state index contributed by atoms with van der Waals surface area (Å²) in [7, 11) is 0. The van der Waals surface area contributed by atoms with Crippen LogP contribution in [0.1, 0.15) is 42.5 Å². The number of nitrogens with one attached hydrogen (secondary N) is 3. The number of carbonyl (C=O) groups is 2. The van der Waals surface area contributed by atoms with Gasteiger partial charge in [-0.1, -0.05) is 61.2 Å². The Kier molecular flexibility index (Phi) is 9.66. The van der Waals surface area contributed by atoms with Gasteiger partial charge >= 0.3 is 0 Å². The highest BCUT2D eigenvalue weighted by Crippen LogP contribution is 2.25. The number of hydrogen-bond acceptors (Lipinski definition) is 5. The molecule has 0 radical (unpaired) electrons. The Labute approximate surface area is 222 Å². The van der Waals surface area contributed by atoms with Gasteiger partial charge in [0.15, 0.2) is 0 Å². The summed E-state index contributed by atoms with van der Waals surface area (Å²) in [5.41, 5.74) is 1.60. The van der Waals surface area contributed by atoms with Crippen molar-refractivity contribution >= 4 is 34.8 Å². The molecule has 0 unspecified atom stereocenters. The molecule has 37 heavy (non-hydrogen) atoms. The molecular formula is C29H32ClN3O4. The monoisotopic (exact) mass is 521 g/mol. The molecule has 0 spiro atoms. The highest BCUT2D eigenvalue weighted by molar-refractivity contribution is 6.34. The van der Waals surface area contributed by atoms with Crippen molar-refractivity contribution in [2.75, 3.05) is 30.4 Å². The van der Waals surface area contributed by atoms with E-state index in [1.807, 2.05) is 42.5 Å². The molecule has 0 bridgehead atoms. The lowest BCUT2D eigenvalue weighted by atomic mass is 9.95. The van der Waals surface area contributed by atoms with Crippen molar-refractivity contribution in [3.05, 3.63) is 83.4 Å². The average molecular weight is 522 g/mol. The van der Waals surface area contributed by atoms with E-state index in [2.05, 4.69) is 16.0 Å². The second-order valence-electron chi connectivity index (χ2n) is 8.91. The summed E-state index contributed by atoms with van der Waals surface area (Å²) in [5, 5.41) is 9.40. The minimum atomic E-state index is -0.250. The average Bonchev–Trinajstić information content (AvgIpc) is 2.92. The summed E-state index contributed by atoms with van der Waals surface area (Å²) in [6.07, 6.45) is 5.46.